The minimum absolute atomic E-state index is 0. The summed E-state index contributed by atoms with van der Waals surface area (Å²) in [6, 6.07) is 12.1. The molecule has 0 radical (unpaired) electrons. The van der Waals surface area contributed by atoms with Crippen molar-refractivity contribution >= 4 is 41.3 Å². The molecule has 21 heavy (non-hydrogen) atoms. The second-order valence-corrected chi connectivity index (χ2v) is 5.20. The highest BCUT2D eigenvalue weighted by atomic mass is 127. The van der Waals surface area contributed by atoms with Crippen LogP contribution in [-0.4, -0.2) is 20.1 Å². The Hall–Kier alpha value is -1.28. The van der Waals surface area contributed by atoms with Crippen molar-refractivity contribution in [3.63, 3.8) is 0 Å². The predicted molar refractivity (Wildman–Crippen MR) is 99.8 cm³/mol. The maximum absolute atomic E-state index is 5.33. The third-order valence-corrected chi connectivity index (χ3v) is 3.75. The average molecular weight is 417 g/mol. The van der Waals surface area contributed by atoms with Gasteiger partial charge in [0.05, 0.1) is 13.7 Å². The molecule has 0 saturated heterocycles. The molecule has 114 valence electrons. The molecular formula is C15H20IN3OS. The third-order valence-electron chi connectivity index (χ3n) is 2.87. The van der Waals surface area contributed by atoms with Crippen LogP contribution in [0, 0.1) is 0 Å². The van der Waals surface area contributed by atoms with Gasteiger partial charge < -0.3 is 15.4 Å². The topological polar surface area (TPSA) is 45.7 Å². The second kappa shape index (κ2) is 9.62. The summed E-state index contributed by atoms with van der Waals surface area (Å²) < 4.78 is 5.33. The Morgan fingerprint density at radius 1 is 1.14 bits per heavy atom. The van der Waals surface area contributed by atoms with Gasteiger partial charge in [-0.1, -0.05) is 24.3 Å². The molecule has 0 aliphatic carbocycles. The minimum atomic E-state index is 0. The van der Waals surface area contributed by atoms with E-state index in [2.05, 4.69) is 27.1 Å². The average Bonchev–Trinajstić information content (AvgIpc) is 3.01. The van der Waals surface area contributed by atoms with Crippen molar-refractivity contribution in [1.29, 1.82) is 0 Å². The molecule has 4 nitrogen and oxygen atoms in total. The Bertz CT molecular complexity index is 558. The maximum atomic E-state index is 5.33. The zero-order valence-electron chi connectivity index (χ0n) is 12.1. The lowest BCUT2D eigenvalue weighted by Crippen LogP contribution is -2.36. The van der Waals surface area contributed by atoms with E-state index in [1.54, 1.807) is 25.5 Å². The van der Waals surface area contributed by atoms with Crippen LogP contribution in [0.3, 0.4) is 0 Å². The molecule has 2 rings (SSSR count). The molecule has 0 fully saturated rings. The molecule has 1 aromatic heterocycles. The first kappa shape index (κ1) is 17.8. The van der Waals surface area contributed by atoms with E-state index >= 15 is 0 Å². The summed E-state index contributed by atoms with van der Waals surface area (Å²) >= 11 is 1.73. The van der Waals surface area contributed by atoms with Crippen LogP contribution in [0.25, 0.3) is 0 Å². The number of benzene rings is 1. The van der Waals surface area contributed by atoms with Crippen LogP contribution < -0.4 is 15.4 Å². The second-order valence-electron chi connectivity index (χ2n) is 4.17. The lowest BCUT2D eigenvalue weighted by molar-refractivity contribution is 0.409. The van der Waals surface area contributed by atoms with Gasteiger partial charge in [-0.2, -0.15) is 0 Å². The number of hydrogen-bond donors (Lipinski definition) is 2. The zero-order valence-corrected chi connectivity index (χ0v) is 15.3. The molecule has 2 aromatic rings. The van der Waals surface area contributed by atoms with Gasteiger partial charge in [0.15, 0.2) is 5.96 Å². The summed E-state index contributed by atoms with van der Waals surface area (Å²) in [7, 11) is 3.45. The summed E-state index contributed by atoms with van der Waals surface area (Å²) in [5.74, 6) is 1.66. The van der Waals surface area contributed by atoms with E-state index in [1.807, 2.05) is 30.3 Å². The van der Waals surface area contributed by atoms with Gasteiger partial charge in [0.25, 0.3) is 0 Å². The number of thiophene rings is 1. The molecule has 0 aliphatic rings. The number of nitrogens with one attached hydrogen (secondary N) is 2. The predicted octanol–water partition coefficient (Wildman–Crippen LogP) is 3.24. The van der Waals surface area contributed by atoms with Crippen LogP contribution in [0.2, 0.25) is 0 Å². The molecule has 0 amide bonds. The highest BCUT2D eigenvalue weighted by Gasteiger charge is 2.03. The standard InChI is InChI=1S/C15H19N3OS.HI/c1-16-15(18-11-13-7-5-9-20-13)17-10-12-6-3-4-8-14(12)19-2;/h3-9H,10-11H2,1-2H3,(H2,16,17,18);1H. The summed E-state index contributed by atoms with van der Waals surface area (Å²) in [6.07, 6.45) is 0. The highest BCUT2D eigenvalue weighted by molar-refractivity contribution is 14.0. The van der Waals surface area contributed by atoms with E-state index in [9.17, 15) is 0 Å². The highest BCUT2D eigenvalue weighted by Crippen LogP contribution is 2.16. The van der Waals surface area contributed by atoms with Gasteiger partial charge in [-0.25, -0.2) is 0 Å². The molecule has 0 atom stereocenters. The van der Waals surface area contributed by atoms with Gasteiger partial charge >= 0.3 is 0 Å². The Labute approximate surface area is 146 Å². The van der Waals surface area contributed by atoms with E-state index in [0.29, 0.717) is 6.54 Å². The number of methoxy groups -OCH3 is 1. The number of rotatable bonds is 5. The van der Waals surface area contributed by atoms with Gasteiger partial charge in [0.1, 0.15) is 5.75 Å². The van der Waals surface area contributed by atoms with Crippen LogP contribution in [0.15, 0.2) is 46.8 Å². The van der Waals surface area contributed by atoms with Crippen molar-refractivity contribution in [2.75, 3.05) is 14.2 Å². The number of nitrogens with zero attached hydrogens (tertiary/aromatic N) is 1. The Morgan fingerprint density at radius 3 is 2.57 bits per heavy atom. The molecule has 0 unspecified atom stereocenters. The number of hydrogen-bond acceptors (Lipinski definition) is 3. The molecule has 0 spiro atoms. The summed E-state index contributed by atoms with van der Waals surface area (Å²) in [4.78, 5) is 5.50. The van der Waals surface area contributed by atoms with Gasteiger partial charge in [-0.05, 0) is 17.5 Å². The Kier molecular flexibility index (Phi) is 8.14. The molecule has 1 heterocycles. The van der Waals surface area contributed by atoms with Crippen molar-refractivity contribution in [3.05, 3.63) is 52.2 Å². The van der Waals surface area contributed by atoms with E-state index < -0.39 is 0 Å². The lowest BCUT2D eigenvalue weighted by atomic mass is 10.2. The fourth-order valence-electron chi connectivity index (χ4n) is 1.83. The fourth-order valence-corrected chi connectivity index (χ4v) is 2.48. The molecule has 0 aliphatic heterocycles. The van der Waals surface area contributed by atoms with E-state index in [-0.39, 0.29) is 24.0 Å². The normalized spacial score (nSPS) is 10.7. The van der Waals surface area contributed by atoms with Crippen molar-refractivity contribution in [3.8, 4) is 5.75 Å². The number of ether oxygens (including phenoxy) is 1. The Morgan fingerprint density at radius 2 is 1.90 bits per heavy atom. The van der Waals surface area contributed by atoms with Gasteiger partial charge in [-0.3, -0.25) is 4.99 Å². The molecular weight excluding hydrogens is 397 g/mol. The maximum Gasteiger partial charge on any atom is 0.191 e. The van der Waals surface area contributed by atoms with Crippen LogP contribution in [0.5, 0.6) is 5.75 Å². The SMILES string of the molecule is CN=C(NCc1cccs1)NCc1ccccc1OC.I. The molecule has 0 saturated carbocycles. The fraction of sp³-hybridized carbons (Fsp3) is 0.267. The number of aliphatic imine (C=N–C) groups is 1. The van der Waals surface area contributed by atoms with Crippen LogP contribution in [-0.2, 0) is 13.1 Å². The monoisotopic (exact) mass is 417 g/mol. The summed E-state index contributed by atoms with van der Waals surface area (Å²) in [5, 5.41) is 8.65. The summed E-state index contributed by atoms with van der Waals surface area (Å²) in [6.45, 7) is 1.46. The molecule has 0 bridgehead atoms. The number of guanidine groups is 1. The Balaban J connectivity index is 0.00000220. The third kappa shape index (κ3) is 5.55. The van der Waals surface area contributed by atoms with Gasteiger partial charge in [0.2, 0.25) is 0 Å². The van der Waals surface area contributed by atoms with E-state index in [1.165, 1.54) is 4.88 Å². The van der Waals surface area contributed by atoms with E-state index in [0.717, 1.165) is 23.8 Å². The van der Waals surface area contributed by atoms with Crippen molar-refractivity contribution in [1.82, 2.24) is 10.6 Å². The van der Waals surface area contributed by atoms with E-state index in [4.69, 9.17) is 4.74 Å². The summed E-state index contributed by atoms with van der Waals surface area (Å²) in [5.41, 5.74) is 1.11. The van der Waals surface area contributed by atoms with Gasteiger partial charge in [0, 0.05) is 24.0 Å². The molecule has 1 aromatic carbocycles. The number of halogens is 1. The first-order valence-corrected chi connectivity index (χ1v) is 7.30. The minimum Gasteiger partial charge on any atom is -0.496 e. The van der Waals surface area contributed by atoms with Crippen LogP contribution in [0.4, 0.5) is 0 Å². The van der Waals surface area contributed by atoms with Crippen molar-refractivity contribution in [2.45, 2.75) is 13.1 Å². The van der Waals surface area contributed by atoms with Crippen LogP contribution in [0.1, 0.15) is 10.4 Å². The van der Waals surface area contributed by atoms with Crippen molar-refractivity contribution in [2.24, 2.45) is 4.99 Å². The smallest absolute Gasteiger partial charge is 0.191 e. The van der Waals surface area contributed by atoms with Crippen LogP contribution >= 0.6 is 35.3 Å². The first-order chi connectivity index (χ1) is 9.83. The molecule has 2 N–H and O–H groups in total. The largest absolute Gasteiger partial charge is 0.496 e. The van der Waals surface area contributed by atoms with Gasteiger partial charge in [-0.15, -0.1) is 35.3 Å². The zero-order chi connectivity index (χ0) is 14.2. The quantitative estimate of drug-likeness (QED) is 0.446. The lowest BCUT2D eigenvalue weighted by Gasteiger charge is -2.13. The molecule has 6 heteroatoms. The number of para-hydroxylation sites is 1. The van der Waals surface area contributed by atoms with Crippen molar-refractivity contribution < 1.29 is 4.74 Å². The first-order valence-electron chi connectivity index (χ1n) is 6.42.